The zero-order valence-electron chi connectivity index (χ0n) is 15.7. The fraction of sp³-hybridized carbons (Fsp3) is 0.130. The molecule has 0 saturated heterocycles. The Labute approximate surface area is 167 Å². The average Bonchev–Trinajstić information content (AvgIpc) is 3.22. The van der Waals surface area contributed by atoms with Gasteiger partial charge < -0.3 is 14.8 Å². The summed E-state index contributed by atoms with van der Waals surface area (Å²) in [5.74, 6) is 1.29. The van der Waals surface area contributed by atoms with E-state index in [1.54, 1.807) is 6.33 Å². The summed E-state index contributed by atoms with van der Waals surface area (Å²) in [6, 6.07) is 21.1. The van der Waals surface area contributed by atoms with Crippen LogP contribution in [0.2, 0.25) is 0 Å². The number of benzene rings is 3. The number of fused-ring (bicyclic) bond motifs is 2. The molecule has 29 heavy (non-hydrogen) atoms. The summed E-state index contributed by atoms with van der Waals surface area (Å²) in [6.45, 7) is 1.43. The number of hydrogen-bond donors (Lipinski definition) is 1. The largest absolute Gasteiger partial charge is 0.486 e. The maximum atomic E-state index is 12.6. The Bertz CT molecular complexity index is 1180. The van der Waals surface area contributed by atoms with Gasteiger partial charge in [-0.15, -0.1) is 0 Å². The van der Waals surface area contributed by atoms with Crippen molar-refractivity contribution in [3.8, 4) is 17.2 Å². The normalized spacial score (nSPS) is 12.7. The van der Waals surface area contributed by atoms with Crippen LogP contribution in [0.1, 0.15) is 15.9 Å². The Kier molecular flexibility index (Phi) is 4.37. The Morgan fingerprint density at radius 1 is 0.966 bits per heavy atom. The molecule has 1 aliphatic heterocycles. The van der Waals surface area contributed by atoms with E-state index in [-0.39, 0.29) is 5.91 Å². The second-order valence-corrected chi connectivity index (χ2v) is 6.77. The fourth-order valence-electron chi connectivity index (χ4n) is 3.49. The van der Waals surface area contributed by atoms with Crippen molar-refractivity contribution < 1.29 is 14.3 Å². The Hall–Kier alpha value is -3.80. The molecule has 0 fully saturated rings. The van der Waals surface area contributed by atoms with Gasteiger partial charge in [-0.3, -0.25) is 9.36 Å². The summed E-state index contributed by atoms with van der Waals surface area (Å²) in [7, 11) is 0. The number of hydrogen-bond acceptors (Lipinski definition) is 4. The predicted octanol–water partition coefficient (Wildman–Crippen LogP) is 3.73. The molecule has 0 aliphatic carbocycles. The van der Waals surface area contributed by atoms with Gasteiger partial charge in [0.2, 0.25) is 0 Å². The number of ether oxygens (including phenoxy) is 2. The first kappa shape index (κ1) is 17.3. The lowest BCUT2D eigenvalue weighted by Gasteiger charge is -2.21. The summed E-state index contributed by atoms with van der Waals surface area (Å²) < 4.78 is 13.3. The Balaban J connectivity index is 1.31. The van der Waals surface area contributed by atoms with Crippen molar-refractivity contribution in [3.63, 3.8) is 0 Å². The highest BCUT2D eigenvalue weighted by Gasteiger charge is 2.16. The molecule has 0 bridgehead atoms. The summed E-state index contributed by atoms with van der Waals surface area (Å²) >= 11 is 0. The number of imidazole rings is 1. The first-order valence-electron chi connectivity index (χ1n) is 9.48. The number of para-hydroxylation sites is 3. The summed E-state index contributed by atoms with van der Waals surface area (Å²) in [4.78, 5) is 17.0. The molecule has 0 spiro atoms. The first-order chi connectivity index (χ1) is 14.3. The number of aromatic nitrogens is 2. The van der Waals surface area contributed by atoms with Crippen molar-refractivity contribution >= 4 is 16.9 Å². The van der Waals surface area contributed by atoms with Crippen molar-refractivity contribution in [2.75, 3.05) is 13.2 Å². The van der Waals surface area contributed by atoms with E-state index in [0.717, 1.165) is 28.0 Å². The van der Waals surface area contributed by atoms with Crippen LogP contribution >= 0.6 is 0 Å². The van der Waals surface area contributed by atoms with Crippen molar-refractivity contribution in [2.45, 2.75) is 6.54 Å². The van der Waals surface area contributed by atoms with Gasteiger partial charge >= 0.3 is 0 Å². The van der Waals surface area contributed by atoms with Gasteiger partial charge in [-0.05, 0) is 42.5 Å². The number of rotatable bonds is 4. The van der Waals surface area contributed by atoms with Gasteiger partial charge in [0.1, 0.15) is 19.5 Å². The molecule has 6 heteroatoms. The van der Waals surface area contributed by atoms with E-state index < -0.39 is 0 Å². The molecule has 4 aromatic rings. The van der Waals surface area contributed by atoms with Crippen molar-refractivity contribution in [1.82, 2.24) is 14.9 Å². The van der Waals surface area contributed by atoms with Crippen molar-refractivity contribution in [3.05, 3.63) is 84.2 Å². The molecule has 1 amide bonds. The lowest BCUT2D eigenvalue weighted by Crippen LogP contribution is -2.24. The van der Waals surface area contributed by atoms with Crippen LogP contribution in [0.15, 0.2) is 73.1 Å². The smallest absolute Gasteiger partial charge is 0.251 e. The van der Waals surface area contributed by atoms with Gasteiger partial charge in [0, 0.05) is 23.4 Å². The van der Waals surface area contributed by atoms with Gasteiger partial charge in [0.05, 0.1) is 11.0 Å². The standard InChI is InChI=1S/C23H19N3O3/c27-23(24-14-17-4-3-7-21-22(17)29-13-12-28-21)16-8-10-18(11-9-16)26-15-25-19-5-1-2-6-20(19)26/h1-11,15H,12-14H2,(H,24,27). The molecule has 3 aromatic carbocycles. The van der Waals surface area contributed by atoms with E-state index in [1.165, 1.54) is 0 Å². The molecule has 0 atom stereocenters. The number of nitrogens with zero attached hydrogens (tertiary/aromatic N) is 2. The van der Waals surface area contributed by atoms with Gasteiger partial charge in [0.15, 0.2) is 11.5 Å². The second-order valence-electron chi connectivity index (χ2n) is 6.77. The maximum absolute atomic E-state index is 12.6. The van der Waals surface area contributed by atoms with E-state index in [0.29, 0.717) is 31.1 Å². The highest BCUT2D eigenvalue weighted by atomic mass is 16.6. The molecule has 0 saturated carbocycles. The number of carbonyl (C=O) groups excluding carboxylic acids is 1. The van der Waals surface area contributed by atoms with Crippen LogP contribution in [-0.2, 0) is 6.54 Å². The molecule has 2 heterocycles. The third-order valence-electron chi connectivity index (χ3n) is 4.95. The minimum atomic E-state index is -0.138. The predicted molar refractivity (Wildman–Crippen MR) is 110 cm³/mol. The summed E-state index contributed by atoms with van der Waals surface area (Å²) in [5, 5.41) is 2.96. The molecule has 0 unspecified atom stereocenters. The number of carbonyl (C=O) groups is 1. The highest BCUT2D eigenvalue weighted by molar-refractivity contribution is 5.94. The molecule has 1 N–H and O–H groups in total. The Morgan fingerprint density at radius 3 is 2.69 bits per heavy atom. The second kappa shape index (κ2) is 7.31. The minimum absolute atomic E-state index is 0.138. The van der Waals surface area contributed by atoms with Gasteiger partial charge in [-0.2, -0.15) is 0 Å². The van der Waals surface area contributed by atoms with Crippen LogP contribution in [0.3, 0.4) is 0 Å². The number of nitrogens with one attached hydrogen (secondary N) is 1. The SMILES string of the molecule is O=C(NCc1cccc2c1OCCO2)c1ccc(-n2cnc3ccccc32)cc1. The van der Waals surface area contributed by atoms with Crippen LogP contribution in [0.25, 0.3) is 16.7 Å². The van der Waals surface area contributed by atoms with Gasteiger partial charge in [0.25, 0.3) is 5.91 Å². The summed E-state index contributed by atoms with van der Waals surface area (Å²) in [6.07, 6.45) is 1.79. The summed E-state index contributed by atoms with van der Waals surface area (Å²) in [5.41, 5.74) is 4.42. The van der Waals surface area contributed by atoms with E-state index in [4.69, 9.17) is 9.47 Å². The fourth-order valence-corrected chi connectivity index (χ4v) is 3.49. The maximum Gasteiger partial charge on any atom is 0.251 e. The van der Waals surface area contributed by atoms with Crippen molar-refractivity contribution in [1.29, 1.82) is 0 Å². The van der Waals surface area contributed by atoms with Crippen LogP contribution in [0.5, 0.6) is 11.5 Å². The lowest BCUT2D eigenvalue weighted by atomic mass is 10.1. The Morgan fingerprint density at radius 2 is 1.79 bits per heavy atom. The molecule has 144 valence electrons. The van der Waals surface area contributed by atoms with Gasteiger partial charge in [-0.25, -0.2) is 4.98 Å². The van der Waals surface area contributed by atoms with Crippen LogP contribution < -0.4 is 14.8 Å². The lowest BCUT2D eigenvalue weighted by molar-refractivity contribution is 0.0950. The third-order valence-corrected chi connectivity index (χ3v) is 4.95. The molecule has 1 aromatic heterocycles. The molecular weight excluding hydrogens is 366 g/mol. The molecule has 1 aliphatic rings. The van der Waals surface area contributed by atoms with E-state index in [2.05, 4.69) is 10.3 Å². The minimum Gasteiger partial charge on any atom is -0.486 e. The zero-order chi connectivity index (χ0) is 19.6. The highest BCUT2D eigenvalue weighted by Crippen LogP contribution is 2.33. The van der Waals surface area contributed by atoms with Crippen LogP contribution in [0, 0.1) is 0 Å². The van der Waals surface area contributed by atoms with E-state index in [9.17, 15) is 4.79 Å². The van der Waals surface area contributed by atoms with E-state index in [1.807, 2.05) is 71.3 Å². The topological polar surface area (TPSA) is 65.4 Å². The molecular formula is C23H19N3O3. The van der Waals surface area contributed by atoms with Gasteiger partial charge in [-0.1, -0.05) is 24.3 Å². The monoisotopic (exact) mass is 385 g/mol. The zero-order valence-corrected chi connectivity index (χ0v) is 15.7. The van der Waals surface area contributed by atoms with E-state index >= 15 is 0 Å². The van der Waals surface area contributed by atoms with Crippen molar-refractivity contribution in [2.24, 2.45) is 0 Å². The molecule has 6 nitrogen and oxygen atoms in total. The third kappa shape index (κ3) is 3.29. The number of amides is 1. The first-order valence-corrected chi connectivity index (χ1v) is 9.48. The van der Waals surface area contributed by atoms with Crippen LogP contribution in [-0.4, -0.2) is 28.7 Å². The molecule has 5 rings (SSSR count). The quantitative estimate of drug-likeness (QED) is 0.581. The van der Waals surface area contributed by atoms with Crippen LogP contribution in [0.4, 0.5) is 0 Å². The average molecular weight is 385 g/mol. The molecule has 0 radical (unpaired) electrons.